The van der Waals surface area contributed by atoms with Gasteiger partial charge < -0.3 is 5.32 Å². The fraction of sp³-hybridized carbons (Fsp3) is 0.462. The number of aryl methyl sites for hydroxylation is 2. The van der Waals surface area contributed by atoms with Gasteiger partial charge in [-0.2, -0.15) is 4.68 Å². The summed E-state index contributed by atoms with van der Waals surface area (Å²) >= 11 is 0. The lowest BCUT2D eigenvalue weighted by Gasteiger charge is -2.08. The average Bonchev–Trinajstić information content (AvgIpc) is 2.66. The van der Waals surface area contributed by atoms with E-state index in [0.717, 1.165) is 24.0 Å². The van der Waals surface area contributed by atoms with Crippen LogP contribution < -0.4 is 5.32 Å². The minimum atomic E-state index is 0.477. The first-order valence-corrected chi connectivity index (χ1v) is 6.15. The standard InChI is InChI=1S/C13H19N5/c1-9(2)14-7-12-5-6-13(15-8-12)18-11(4)16-10(3)17-18/h5-6,8-9,14H,7H2,1-4H3. The molecule has 1 N–H and O–H groups in total. The zero-order valence-corrected chi connectivity index (χ0v) is 11.3. The molecule has 0 aromatic carbocycles. The number of hydrogen-bond acceptors (Lipinski definition) is 4. The molecule has 0 aliphatic heterocycles. The second kappa shape index (κ2) is 5.27. The largest absolute Gasteiger partial charge is 0.310 e. The van der Waals surface area contributed by atoms with Gasteiger partial charge in [-0.05, 0) is 25.5 Å². The van der Waals surface area contributed by atoms with E-state index in [-0.39, 0.29) is 0 Å². The molecule has 5 nitrogen and oxygen atoms in total. The highest BCUT2D eigenvalue weighted by atomic mass is 15.4. The highest BCUT2D eigenvalue weighted by Crippen LogP contribution is 2.07. The van der Waals surface area contributed by atoms with Gasteiger partial charge in [0.2, 0.25) is 0 Å². The fourth-order valence-electron chi connectivity index (χ4n) is 1.71. The second-order valence-electron chi connectivity index (χ2n) is 4.68. The van der Waals surface area contributed by atoms with E-state index >= 15 is 0 Å². The van der Waals surface area contributed by atoms with Crippen molar-refractivity contribution in [1.29, 1.82) is 0 Å². The van der Waals surface area contributed by atoms with Crippen LogP contribution in [0.15, 0.2) is 18.3 Å². The molecule has 0 fully saturated rings. The molecule has 0 aliphatic rings. The third kappa shape index (κ3) is 2.92. The van der Waals surface area contributed by atoms with E-state index in [4.69, 9.17) is 0 Å². The third-order valence-corrected chi connectivity index (χ3v) is 2.62. The molecule has 2 rings (SSSR count). The van der Waals surface area contributed by atoms with Crippen LogP contribution in [0.1, 0.15) is 31.1 Å². The molecule has 2 aromatic rings. The Morgan fingerprint density at radius 1 is 1.28 bits per heavy atom. The quantitative estimate of drug-likeness (QED) is 0.892. The monoisotopic (exact) mass is 245 g/mol. The number of pyridine rings is 1. The van der Waals surface area contributed by atoms with Crippen molar-refractivity contribution in [3.05, 3.63) is 35.5 Å². The first-order valence-electron chi connectivity index (χ1n) is 6.15. The van der Waals surface area contributed by atoms with Crippen LogP contribution >= 0.6 is 0 Å². The molecule has 0 aliphatic carbocycles. The predicted molar refractivity (Wildman–Crippen MR) is 70.6 cm³/mol. The first-order chi connectivity index (χ1) is 8.56. The van der Waals surface area contributed by atoms with E-state index in [1.54, 1.807) is 4.68 Å². The molecule has 0 spiro atoms. The van der Waals surface area contributed by atoms with Crippen LogP contribution in [0.3, 0.4) is 0 Å². The van der Waals surface area contributed by atoms with Crippen molar-refractivity contribution in [2.24, 2.45) is 0 Å². The fourth-order valence-corrected chi connectivity index (χ4v) is 1.71. The normalized spacial score (nSPS) is 11.2. The van der Waals surface area contributed by atoms with Crippen LogP contribution in [0, 0.1) is 13.8 Å². The molecule has 0 saturated heterocycles. The van der Waals surface area contributed by atoms with Crippen molar-refractivity contribution in [2.45, 2.75) is 40.3 Å². The lowest BCUT2D eigenvalue weighted by molar-refractivity contribution is 0.587. The van der Waals surface area contributed by atoms with Crippen LogP contribution in [0.4, 0.5) is 0 Å². The average molecular weight is 245 g/mol. The molecule has 0 unspecified atom stereocenters. The Balaban J connectivity index is 2.15. The molecule has 0 bridgehead atoms. The maximum absolute atomic E-state index is 4.42. The summed E-state index contributed by atoms with van der Waals surface area (Å²) in [6.07, 6.45) is 1.88. The van der Waals surface area contributed by atoms with E-state index < -0.39 is 0 Å². The second-order valence-corrected chi connectivity index (χ2v) is 4.68. The molecule has 0 saturated carbocycles. The summed E-state index contributed by atoms with van der Waals surface area (Å²) in [5.74, 6) is 2.43. The summed E-state index contributed by atoms with van der Waals surface area (Å²) < 4.78 is 1.76. The molecule has 0 amide bonds. The summed E-state index contributed by atoms with van der Waals surface area (Å²) in [5.41, 5.74) is 1.17. The van der Waals surface area contributed by atoms with Crippen molar-refractivity contribution in [1.82, 2.24) is 25.1 Å². The Kier molecular flexibility index (Phi) is 3.72. The maximum atomic E-state index is 4.42. The first kappa shape index (κ1) is 12.7. The van der Waals surface area contributed by atoms with E-state index in [1.165, 1.54) is 5.56 Å². The topological polar surface area (TPSA) is 55.6 Å². The van der Waals surface area contributed by atoms with Crippen LogP contribution in [-0.2, 0) is 6.54 Å². The molecule has 2 aromatic heterocycles. The van der Waals surface area contributed by atoms with Crippen molar-refractivity contribution in [2.75, 3.05) is 0 Å². The molecule has 0 atom stereocenters. The van der Waals surface area contributed by atoms with Gasteiger partial charge in [-0.3, -0.25) is 0 Å². The molecular formula is C13H19N5. The van der Waals surface area contributed by atoms with Gasteiger partial charge in [-0.25, -0.2) is 9.97 Å². The van der Waals surface area contributed by atoms with Gasteiger partial charge in [-0.15, -0.1) is 5.10 Å². The highest BCUT2D eigenvalue weighted by Gasteiger charge is 2.06. The molecular weight excluding hydrogens is 226 g/mol. The Morgan fingerprint density at radius 3 is 2.56 bits per heavy atom. The van der Waals surface area contributed by atoms with Crippen molar-refractivity contribution in [3.63, 3.8) is 0 Å². The zero-order chi connectivity index (χ0) is 13.1. The van der Waals surface area contributed by atoms with Gasteiger partial charge in [0.15, 0.2) is 5.82 Å². The SMILES string of the molecule is Cc1nc(C)n(-c2ccc(CNC(C)C)cn2)n1. The van der Waals surface area contributed by atoms with E-state index in [9.17, 15) is 0 Å². The number of rotatable bonds is 4. The highest BCUT2D eigenvalue weighted by molar-refractivity contribution is 5.25. The molecule has 96 valence electrons. The van der Waals surface area contributed by atoms with Crippen LogP contribution in [-0.4, -0.2) is 25.8 Å². The summed E-state index contributed by atoms with van der Waals surface area (Å²) in [7, 11) is 0. The van der Waals surface area contributed by atoms with Gasteiger partial charge in [0.25, 0.3) is 0 Å². The third-order valence-electron chi connectivity index (χ3n) is 2.62. The van der Waals surface area contributed by atoms with E-state index in [2.05, 4.69) is 40.3 Å². The van der Waals surface area contributed by atoms with Gasteiger partial charge >= 0.3 is 0 Å². The maximum Gasteiger partial charge on any atom is 0.155 e. The van der Waals surface area contributed by atoms with E-state index in [0.29, 0.717) is 6.04 Å². The smallest absolute Gasteiger partial charge is 0.155 e. The number of nitrogens with zero attached hydrogens (tertiary/aromatic N) is 4. The minimum absolute atomic E-state index is 0.477. The molecule has 2 heterocycles. The molecule has 18 heavy (non-hydrogen) atoms. The summed E-state index contributed by atoms with van der Waals surface area (Å²) in [6, 6.07) is 4.51. The van der Waals surface area contributed by atoms with Gasteiger partial charge in [0.05, 0.1) is 0 Å². The predicted octanol–water partition coefficient (Wildman–Crippen LogP) is 1.78. The van der Waals surface area contributed by atoms with Crippen LogP contribution in [0.25, 0.3) is 5.82 Å². The number of hydrogen-bond donors (Lipinski definition) is 1. The lowest BCUT2D eigenvalue weighted by Crippen LogP contribution is -2.21. The van der Waals surface area contributed by atoms with Crippen LogP contribution in [0.5, 0.6) is 0 Å². The lowest BCUT2D eigenvalue weighted by atomic mass is 10.2. The number of nitrogens with one attached hydrogen (secondary N) is 1. The Bertz CT molecular complexity index is 513. The van der Waals surface area contributed by atoms with Crippen molar-refractivity contribution >= 4 is 0 Å². The van der Waals surface area contributed by atoms with Crippen LogP contribution in [0.2, 0.25) is 0 Å². The van der Waals surface area contributed by atoms with Crippen molar-refractivity contribution in [3.8, 4) is 5.82 Å². The molecule has 5 heteroatoms. The Labute approximate surface area is 107 Å². The number of aromatic nitrogens is 4. The van der Waals surface area contributed by atoms with Gasteiger partial charge in [0, 0.05) is 18.8 Å². The molecule has 0 radical (unpaired) electrons. The van der Waals surface area contributed by atoms with Gasteiger partial charge in [0.1, 0.15) is 11.6 Å². The zero-order valence-electron chi connectivity index (χ0n) is 11.3. The Hall–Kier alpha value is -1.75. The van der Waals surface area contributed by atoms with Crippen molar-refractivity contribution < 1.29 is 0 Å². The summed E-state index contributed by atoms with van der Waals surface area (Å²) in [4.78, 5) is 8.69. The van der Waals surface area contributed by atoms with E-state index in [1.807, 2.05) is 26.1 Å². The summed E-state index contributed by atoms with van der Waals surface area (Å²) in [5, 5.41) is 7.67. The minimum Gasteiger partial charge on any atom is -0.310 e. The Morgan fingerprint density at radius 2 is 2.06 bits per heavy atom. The van der Waals surface area contributed by atoms with Gasteiger partial charge in [-0.1, -0.05) is 19.9 Å². The summed E-state index contributed by atoms with van der Waals surface area (Å²) in [6.45, 7) is 8.90.